The average molecular weight is 347 g/mol. The van der Waals surface area contributed by atoms with E-state index in [2.05, 4.69) is 39.7 Å². The summed E-state index contributed by atoms with van der Waals surface area (Å²) in [6.07, 6.45) is 0.798. The molecule has 5 nitrogen and oxygen atoms in total. The molecule has 0 bridgehead atoms. The fourth-order valence-electron chi connectivity index (χ4n) is 2.99. The summed E-state index contributed by atoms with van der Waals surface area (Å²) in [5.74, 6) is 1.11. The molecule has 0 aliphatic carbocycles. The zero-order chi connectivity index (χ0) is 16.9. The molecule has 130 valence electrons. The molecule has 3 rings (SSSR count). The number of nitrogens with one attached hydrogen (secondary N) is 1. The third-order valence-corrected chi connectivity index (χ3v) is 5.51. The fraction of sp³-hybridized carbons (Fsp3) is 0.500. The molecule has 1 atom stereocenters. The number of carbonyl (C=O) groups is 1. The second kappa shape index (κ2) is 7.96. The van der Waals surface area contributed by atoms with Crippen molar-refractivity contribution in [1.82, 2.24) is 15.1 Å². The van der Waals surface area contributed by atoms with Crippen LogP contribution in [0.3, 0.4) is 0 Å². The van der Waals surface area contributed by atoms with Gasteiger partial charge in [0.2, 0.25) is 0 Å². The van der Waals surface area contributed by atoms with E-state index in [0.29, 0.717) is 12.3 Å². The average Bonchev–Trinajstić information content (AvgIpc) is 3.28. The minimum absolute atomic E-state index is 0.134. The largest absolute Gasteiger partial charge is 0.456 e. The van der Waals surface area contributed by atoms with Crippen molar-refractivity contribution in [2.24, 2.45) is 0 Å². The van der Waals surface area contributed by atoms with E-state index in [1.54, 1.807) is 17.4 Å². The Balaban J connectivity index is 1.64. The highest BCUT2D eigenvalue weighted by molar-refractivity contribution is 7.10. The number of carbonyl (C=O) groups excluding carboxylic acids is 1. The van der Waals surface area contributed by atoms with E-state index in [1.165, 1.54) is 4.88 Å². The van der Waals surface area contributed by atoms with E-state index in [0.717, 1.165) is 38.4 Å². The van der Waals surface area contributed by atoms with Crippen LogP contribution in [0.5, 0.6) is 0 Å². The van der Waals surface area contributed by atoms with Crippen LogP contribution in [0.4, 0.5) is 0 Å². The molecular weight excluding hydrogens is 322 g/mol. The second-order valence-electron chi connectivity index (χ2n) is 6.20. The first-order valence-electron chi connectivity index (χ1n) is 8.50. The highest BCUT2D eigenvalue weighted by atomic mass is 32.1. The van der Waals surface area contributed by atoms with Gasteiger partial charge in [-0.1, -0.05) is 13.0 Å². The van der Waals surface area contributed by atoms with Crippen LogP contribution in [0, 0.1) is 0 Å². The van der Waals surface area contributed by atoms with E-state index >= 15 is 0 Å². The molecule has 2 aromatic heterocycles. The molecule has 0 aromatic carbocycles. The lowest BCUT2D eigenvalue weighted by Crippen LogP contribution is -2.48. The Morgan fingerprint density at radius 3 is 2.71 bits per heavy atom. The molecule has 24 heavy (non-hydrogen) atoms. The number of likely N-dealkylation sites (N-methyl/N-ethyl adjacent to an activating group) is 1. The van der Waals surface area contributed by atoms with Gasteiger partial charge in [0.25, 0.3) is 5.91 Å². The van der Waals surface area contributed by atoms with Gasteiger partial charge in [0, 0.05) is 44.0 Å². The Labute approximate surface area is 147 Å². The second-order valence-corrected chi connectivity index (χ2v) is 7.18. The predicted molar refractivity (Wildman–Crippen MR) is 96.5 cm³/mol. The summed E-state index contributed by atoms with van der Waals surface area (Å²) in [5.41, 5.74) is 0. The molecule has 1 amide bonds. The van der Waals surface area contributed by atoms with Gasteiger partial charge in [-0.2, -0.15) is 0 Å². The number of aryl methyl sites for hydroxylation is 1. The molecule has 2 aromatic rings. The van der Waals surface area contributed by atoms with Crippen LogP contribution >= 0.6 is 11.3 Å². The molecule has 0 unspecified atom stereocenters. The third-order valence-electron chi connectivity index (χ3n) is 4.54. The SMILES string of the molecule is CCc1ccc(C(=O)NC[C@@H](c2cccs2)N2CCN(C)CC2)o1. The molecule has 1 aliphatic rings. The fourth-order valence-corrected chi connectivity index (χ4v) is 3.85. The van der Waals surface area contributed by atoms with Crippen molar-refractivity contribution in [3.63, 3.8) is 0 Å². The third kappa shape index (κ3) is 4.06. The Hall–Kier alpha value is -1.63. The van der Waals surface area contributed by atoms with E-state index in [4.69, 9.17) is 4.42 Å². The summed E-state index contributed by atoms with van der Waals surface area (Å²) in [4.78, 5) is 18.5. The van der Waals surface area contributed by atoms with Crippen molar-refractivity contribution in [2.75, 3.05) is 39.8 Å². The molecule has 1 fully saturated rings. The summed E-state index contributed by atoms with van der Waals surface area (Å²) in [5, 5.41) is 5.15. The summed E-state index contributed by atoms with van der Waals surface area (Å²) >= 11 is 1.75. The van der Waals surface area contributed by atoms with E-state index in [1.807, 2.05) is 13.0 Å². The number of hydrogen-bond acceptors (Lipinski definition) is 5. The number of furan rings is 1. The predicted octanol–water partition coefficient (Wildman–Crippen LogP) is 2.62. The highest BCUT2D eigenvalue weighted by Crippen LogP contribution is 2.25. The minimum Gasteiger partial charge on any atom is -0.456 e. The van der Waals surface area contributed by atoms with E-state index in [-0.39, 0.29) is 11.9 Å². The highest BCUT2D eigenvalue weighted by Gasteiger charge is 2.25. The van der Waals surface area contributed by atoms with Gasteiger partial charge in [-0.3, -0.25) is 9.69 Å². The maximum atomic E-state index is 12.4. The minimum atomic E-state index is -0.134. The molecule has 0 spiro atoms. The van der Waals surface area contributed by atoms with Crippen molar-refractivity contribution in [3.8, 4) is 0 Å². The van der Waals surface area contributed by atoms with Crippen LogP contribution in [0.25, 0.3) is 0 Å². The molecule has 1 N–H and O–H groups in total. The quantitative estimate of drug-likeness (QED) is 0.873. The zero-order valence-electron chi connectivity index (χ0n) is 14.3. The lowest BCUT2D eigenvalue weighted by Gasteiger charge is -2.37. The first-order chi connectivity index (χ1) is 11.7. The van der Waals surface area contributed by atoms with Crippen molar-refractivity contribution < 1.29 is 9.21 Å². The number of rotatable bonds is 6. The normalized spacial score (nSPS) is 17.8. The van der Waals surface area contributed by atoms with E-state index in [9.17, 15) is 4.79 Å². The lowest BCUT2D eigenvalue weighted by molar-refractivity contribution is 0.0865. The van der Waals surface area contributed by atoms with Crippen molar-refractivity contribution >= 4 is 17.2 Å². The maximum absolute atomic E-state index is 12.4. The maximum Gasteiger partial charge on any atom is 0.287 e. The van der Waals surface area contributed by atoms with Crippen LogP contribution in [0.1, 0.15) is 34.2 Å². The Morgan fingerprint density at radius 1 is 1.29 bits per heavy atom. The van der Waals surface area contributed by atoms with Crippen molar-refractivity contribution in [1.29, 1.82) is 0 Å². The molecule has 0 saturated carbocycles. The monoisotopic (exact) mass is 347 g/mol. The number of nitrogens with zero attached hydrogens (tertiary/aromatic N) is 2. The number of hydrogen-bond donors (Lipinski definition) is 1. The van der Waals surface area contributed by atoms with Crippen LogP contribution in [-0.2, 0) is 6.42 Å². The summed E-state index contributed by atoms with van der Waals surface area (Å²) in [6, 6.07) is 8.08. The van der Waals surface area contributed by atoms with Gasteiger partial charge in [-0.15, -0.1) is 11.3 Å². The van der Waals surface area contributed by atoms with Gasteiger partial charge in [0.1, 0.15) is 5.76 Å². The lowest BCUT2D eigenvalue weighted by atomic mass is 10.1. The van der Waals surface area contributed by atoms with Crippen LogP contribution in [-0.4, -0.2) is 55.5 Å². The zero-order valence-corrected chi connectivity index (χ0v) is 15.1. The Morgan fingerprint density at radius 2 is 2.08 bits per heavy atom. The summed E-state index contributed by atoms with van der Waals surface area (Å²) < 4.78 is 5.55. The Bertz CT molecular complexity index is 645. The van der Waals surface area contributed by atoms with Crippen LogP contribution in [0.2, 0.25) is 0 Å². The van der Waals surface area contributed by atoms with Gasteiger partial charge in [0.15, 0.2) is 5.76 Å². The smallest absolute Gasteiger partial charge is 0.287 e. The molecule has 3 heterocycles. The standard InChI is InChI=1S/C18H25N3O2S/c1-3-14-6-7-16(23-14)18(22)19-13-15(17-5-4-12-24-17)21-10-8-20(2)9-11-21/h4-7,12,15H,3,8-11,13H2,1-2H3,(H,19,22)/t15-/m0/s1. The van der Waals surface area contributed by atoms with Gasteiger partial charge in [0.05, 0.1) is 6.04 Å². The van der Waals surface area contributed by atoms with Gasteiger partial charge in [-0.05, 0) is 30.6 Å². The molecule has 1 aliphatic heterocycles. The van der Waals surface area contributed by atoms with E-state index < -0.39 is 0 Å². The van der Waals surface area contributed by atoms with Crippen molar-refractivity contribution in [2.45, 2.75) is 19.4 Å². The number of thiophene rings is 1. The van der Waals surface area contributed by atoms with Gasteiger partial charge >= 0.3 is 0 Å². The number of amides is 1. The molecule has 0 radical (unpaired) electrons. The van der Waals surface area contributed by atoms with Gasteiger partial charge < -0.3 is 14.6 Å². The first kappa shape index (κ1) is 17.2. The molecule has 6 heteroatoms. The Kier molecular flexibility index (Phi) is 5.71. The van der Waals surface area contributed by atoms with Crippen LogP contribution < -0.4 is 5.32 Å². The van der Waals surface area contributed by atoms with Crippen LogP contribution in [0.15, 0.2) is 34.1 Å². The summed E-state index contributed by atoms with van der Waals surface area (Å²) in [6.45, 7) is 6.79. The molecular formula is C18H25N3O2S. The van der Waals surface area contributed by atoms with Gasteiger partial charge in [-0.25, -0.2) is 0 Å². The first-order valence-corrected chi connectivity index (χ1v) is 9.38. The molecule has 1 saturated heterocycles. The summed E-state index contributed by atoms with van der Waals surface area (Å²) in [7, 11) is 2.15. The topological polar surface area (TPSA) is 48.7 Å². The number of piperazine rings is 1. The van der Waals surface area contributed by atoms with Crippen molar-refractivity contribution in [3.05, 3.63) is 46.0 Å².